The molecular formula is C3H5ClIS. The average Bonchev–Trinajstić information content (AvgIpc) is 1.65. The first-order chi connectivity index (χ1) is 2.81. The van der Waals surface area contributed by atoms with Gasteiger partial charge < -0.3 is 0 Å². The topological polar surface area (TPSA) is 0 Å². The molecule has 0 spiro atoms. The van der Waals surface area contributed by atoms with E-state index in [4.69, 9.17) is 11.6 Å². The van der Waals surface area contributed by atoms with Crippen molar-refractivity contribution in [1.82, 2.24) is 0 Å². The molecular weight excluding hydrogens is 230 g/mol. The molecule has 0 aromatic heterocycles. The Hall–Kier alpha value is 1.37. The molecule has 0 rings (SSSR count). The second-order valence-corrected chi connectivity index (χ2v) is 3.32. The molecule has 0 nitrogen and oxygen atoms in total. The fourth-order valence-electron chi connectivity index (χ4n) is 0.0445. The maximum Gasteiger partial charge on any atom is 0.0349 e. The van der Waals surface area contributed by atoms with E-state index in [1.54, 1.807) is 0 Å². The molecule has 0 aliphatic rings. The van der Waals surface area contributed by atoms with E-state index in [1.807, 2.05) is 0 Å². The monoisotopic (exact) mass is 235 g/mol. The maximum absolute atomic E-state index is 5.38. The summed E-state index contributed by atoms with van der Waals surface area (Å²) in [6.45, 7) is 0. The van der Waals surface area contributed by atoms with Gasteiger partial charge in [0, 0.05) is 15.6 Å². The van der Waals surface area contributed by atoms with Gasteiger partial charge in [0.05, 0.1) is 0 Å². The van der Waals surface area contributed by atoms with Crippen molar-refractivity contribution in [2.75, 3.05) is 11.6 Å². The van der Waals surface area contributed by atoms with Crippen LogP contribution >= 0.6 is 46.8 Å². The minimum Gasteiger partial charge on any atom is -0.126 e. The lowest BCUT2D eigenvalue weighted by Crippen LogP contribution is -1.98. The highest BCUT2D eigenvalue weighted by Crippen LogP contribution is 2.02. The number of alkyl halides is 2. The molecule has 0 aromatic carbocycles. The SMILES string of the molecule is [S]CC(I)CCl. The van der Waals surface area contributed by atoms with Crippen molar-refractivity contribution in [3.8, 4) is 0 Å². The average molecular weight is 235 g/mol. The van der Waals surface area contributed by atoms with E-state index >= 15 is 0 Å². The van der Waals surface area contributed by atoms with Crippen molar-refractivity contribution in [1.29, 1.82) is 0 Å². The maximum atomic E-state index is 5.38. The van der Waals surface area contributed by atoms with Gasteiger partial charge in [-0.05, 0) is 0 Å². The van der Waals surface area contributed by atoms with Gasteiger partial charge in [-0.15, -0.1) is 11.6 Å². The lowest BCUT2D eigenvalue weighted by molar-refractivity contribution is 1.20. The van der Waals surface area contributed by atoms with Crippen LogP contribution in [0.25, 0.3) is 0 Å². The molecule has 0 saturated heterocycles. The zero-order valence-electron chi connectivity index (χ0n) is 3.16. The zero-order valence-corrected chi connectivity index (χ0v) is 6.89. The Bertz CT molecular complexity index is 30.0. The van der Waals surface area contributed by atoms with E-state index in [0.717, 1.165) is 5.75 Å². The fraction of sp³-hybridized carbons (Fsp3) is 1.00. The van der Waals surface area contributed by atoms with Gasteiger partial charge >= 0.3 is 0 Å². The Morgan fingerprint density at radius 2 is 2.33 bits per heavy atom. The number of hydrogen-bond donors (Lipinski definition) is 0. The van der Waals surface area contributed by atoms with Crippen LogP contribution in [0.1, 0.15) is 0 Å². The lowest BCUT2D eigenvalue weighted by Gasteiger charge is -1.93. The van der Waals surface area contributed by atoms with Crippen LogP contribution in [0.2, 0.25) is 0 Å². The molecule has 6 heavy (non-hydrogen) atoms. The Morgan fingerprint density at radius 1 is 1.83 bits per heavy atom. The fourth-order valence-corrected chi connectivity index (χ4v) is 0.401. The summed E-state index contributed by atoms with van der Waals surface area (Å²) in [5, 5.41) is 0. The van der Waals surface area contributed by atoms with Crippen molar-refractivity contribution >= 4 is 46.8 Å². The Kier molecular flexibility index (Phi) is 5.56. The molecule has 0 aromatic rings. The van der Waals surface area contributed by atoms with Crippen molar-refractivity contribution in [2.24, 2.45) is 0 Å². The molecule has 1 unspecified atom stereocenters. The lowest BCUT2D eigenvalue weighted by atomic mass is 10.6. The van der Waals surface area contributed by atoms with E-state index in [9.17, 15) is 0 Å². The van der Waals surface area contributed by atoms with Gasteiger partial charge in [-0.25, -0.2) is 0 Å². The van der Waals surface area contributed by atoms with Crippen LogP contribution in [0.4, 0.5) is 0 Å². The van der Waals surface area contributed by atoms with Crippen molar-refractivity contribution in [3.05, 3.63) is 0 Å². The molecule has 1 radical (unpaired) electrons. The molecule has 3 heteroatoms. The van der Waals surface area contributed by atoms with Crippen LogP contribution in [0.5, 0.6) is 0 Å². The quantitative estimate of drug-likeness (QED) is 0.509. The van der Waals surface area contributed by atoms with E-state index < -0.39 is 0 Å². The van der Waals surface area contributed by atoms with E-state index in [0.29, 0.717) is 9.80 Å². The molecule has 0 heterocycles. The van der Waals surface area contributed by atoms with E-state index in [2.05, 4.69) is 35.2 Å². The van der Waals surface area contributed by atoms with Crippen LogP contribution in [-0.2, 0) is 0 Å². The molecule has 0 N–H and O–H groups in total. The molecule has 0 saturated carbocycles. The van der Waals surface area contributed by atoms with Gasteiger partial charge in [0.25, 0.3) is 0 Å². The summed E-state index contributed by atoms with van der Waals surface area (Å²) in [7, 11) is 0. The highest BCUT2D eigenvalue weighted by molar-refractivity contribution is 14.1. The third kappa shape index (κ3) is 3.56. The largest absolute Gasteiger partial charge is 0.126 e. The third-order valence-electron chi connectivity index (χ3n) is 0.348. The van der Waals surface area contributed by atoms with Gasteiger partial charge in [-0.1, -0.05) is 35.2 Å². The van der Waals surface area contributed by atoms with Gasteiger partial charge in [0.1, 0.15) is 0 Å². The van der Waals surface area contributed by atoms with Gasteiger partial charge in [0.2, 0.25) is 0 Å². The van der Waals surface area contributed by atoms with Gasteiger partial charge in [-0.3, -0.25) is 0 Å². The third-order valence-corrected chi connectivity index (χ3v) is 3.12. The Labute approximate surface area is 62.2 Å². The molecule has 0 aliphatic heterocycles. The molecule has 1 atom stereocenters. The van der Waals surface area contributed by atoms with E-state index in [1.165, 1.54) is 0 Å². The molecule has 37 valence electrons. The number of hydrogen-bond acceptors (Lipinski definition) is 0. The van der Waals surface area contributed by atoms with Gasteiger partial charge in [-0.2, -0.15) is 0 Å². The summed E-state index contributed by atoms with van der Waals surface area (Å²) >= 11 is 12.3. The van der Waals surface area contributed by atoms with Crippen molar-refractivity contribution in [2.45, 2.75) is 3.92 Å². The normalized spacial score (nSPS) is 14.5. The van der Waals surface area contributed by atoms with Crippen LogP contribution in [0, 0.1) is 0 Å². The molecule has 0 amide bonds. The number of halogens is 2. The molecule has 0 bridgehead atoms. The highest BCUT2D eigenvalue weighted by Gasteiger charge is 1.94. The second-order valence-electron chi connectivity index (χ2n) is 0.918. The smallest absolute Gasteiger partial charge is 0.0349 e. The standard InChI is InChI=1S/C3H5ClIS/c4-1-3(5)2-6/h3H,1-2H2. The van der Waals surface area contributed by atoms with Gasteiger partial charge in [0.15, 0.2) is 0 Å². The second kappa shape index (κ2) is 4.53. The predicted molar refractivity (Wildman–Crippen MR) is 41.0 cm³/mol. The summed E-state index contributed by atoms with van der Waals surface area (Å²) in [5.41, 5.74) is 0. The highest BCUT2D eigenvalue weighted by atomic mass is 127. The van der Waals surface area contributed by atoms with E-state index in [-0.39, 0.29) is 0 Å². The first-order valence-corrected chi connectivity index (χ1v) is 3.95. The summed E-state index contributed by atoms with van der Waals surface area (Å²) < 4.78 is 0.485. The predicted octanol–water partition coefficient (Wildman–Crippen LogP) is 2.23. The molecule has 0 fully saturated rings. The summed E-state index contributed by atoms with van der Waals surface area (Å²) in [6.07, 6.45) is 0. The number of rotatable bonds is 2. The Balaban J connectivity index is 2.75. The van der Waals surface area contributed by atoms with Crippen LogP contribution in [0.15, 0.2) is 0 Å². The van der Waals surface area contributed by atoms with Crippen LogP contribution < -0.4 is 0 Å². The van der Waals surface area contributed by atoms with Crippen LogP contribution in [-0.4, -0.2) is 15.6 Å². The van der Waals surface area contributed by atoms with Crippen LogP contribution in [0.3, 0.4) is 0 Å². The summed E-state index contributed by atoms with van der Waals surface area (Å²) in [6, 6.07) is 0. The zero-order chi connectivity index (χ0) is 4.99. The minimum absolute atomic E-state index is 0.485. The summed E-state index contributed by atoms with van der Waals surface area (Å²) in [4.78, 5) is 0. The van der Waals surface area contributed by atoms with Crippen molar-refractivity contribution in [3.63, 3.8) is 0 Å². The summed E-state index contributed by atoms with van der Waals surface area (Å²) in [5.74, 6) is 1.45. The first-order valence-electron chi connectivity index (χ1n) is 1.59. The Morgan fingerprint density at radius 3 is 2.33 bits per heavy atom. The molecule has 0 aliphatic carbocycles. The van der Waals surface area contributed by atoms with Crippen molar-refractivity contribution < 1.29 is 0 Å². The first kappa shape index (κ1) is 7.37. The minimum atomic E-state index is 0.485.